The van der Waals surface area contributed by atoms with Gasteiger partial charge in [-0.3, -0.25) is 9.78 Å². The molecule has 1 amide bonds. The molecule has 0 radical (unpaired) electrons. The highest BCUT2D eigenvalue weighted by molar-refractivity contribution is 6.18. The number of halogens is 1. The number of hydrogen-bond donors (Lipinski definition) is 1. The van der Waals surface area contributed by atoms with Gasteiger partial charge in [0.25, 0.3) is 0 Å². The summed E-state index contributed by atoms with van der Waals surface area (Å²) >= 11 is 5.68. The van der Waals surface area contributed by atoms with Gasteiger partial charge in [-0.2, -0.15) is 0 Å². The Morgan fingerprint density at radius 2 is 2.21 bits per heavy atom. The van der Waals surface area contributed by atoms with Crippen LogP contribution in [-0.4, -0.2) is 49.7 Å². The predicted molar refractivity (Wildman–Crippen MR) is 92.7 cm³/mol. The number of nitrogens with zero attached hydrogens (tertiary/aromatic N) is 4. The molecule has 1 aliphatic heterocycles. The SMILES string of the molecule is Cc1cnc(-c2cnc(CC3CCCN(C(=O)CCCl)C3)cn2)[nH]1. The number of carbonyl (C=O) groups is 1. The number of aryl methyl sites for hydroxylation is 1. The first-order chi connectivity index (χ1) is 11.7. The minimum Gasteiger partial charge on any atom is -0.342 e. The Labute approximate surface area is 146 Å². The number of aromatic nitrogens is 4. The molecule has 6 nitrogen and oxygen atoms in total. The lowest BCUT2D eigenvalue weighted by molar-refractivity contribution is -0.132. The number of carbonyl (C=O) groups excluding carboxylic acids is 1. The Balaban J connectivity index is 1.60. The highest BCUT2D eigenvalue weighted by atomic mass is 35.5. The highest BCUT2D eigenvalue weighted by Crippen LogP contribution is 2.21. The first-order valence-electron chi connectivity index (χ1n) is 8.32. The van der Waals surface area contributed by atoms with Crippen LogP contribution in [0.4, 0.5) is 0 Å². The van der Waals surface area contributed by atoms with Crippen molar-refractivity contribution in [3.63, 3.8) is 0 Å². The molecule has 2 aromatic rings. The largest absolute Gasteiger partial charge is 0.342 e. The monoisotopic (exact) mass is 347 g/mol. The molecule has 0 bridgehead atoms. The van der Waals surface area contributed by atoms with Gasteiger partial charge in [0.15, 0.2) is 5.82 Å². The second-order valence-electron chi connectivity index (χ2n) is 6.30. The zero-order valence-corrected chi connectivity index (χ0v) is 14.6. The maximum atomic E-state index is 12.0. The number of likely N-dealkylation sites (tertiary alicyclic amines) is 1. The third-order valence-corrected chi connectivity index (χ3v) is 4.52. The van der Waals surface area contributed by atoms with E-state index in [1.54, 1.807) is 12.4 Å². The van der Waals surface area contributed by atoms with Crippen molar-refractivity contribution in [3.8, 4) is 11.5 Å². The molecular weight excluding hydrogens is 326 g/mol. The van der Waals surface area contributed by atoms with E-state index in [1.807, 2.05) is 18.0 Å². The average molecular weight is 348 g/mol. The minimum absolute atomic E-state index is 0.157. The van der Waals surface area contributed by atoms with Crippen LogP contribution < -0.4 is 0 Å². The number of piperidine rings is 1. The Kier molecular flexibility index (Phi) is 5.45. The van der Waals surface area contributed by atoms with Gasteiger partial charge in [0.1, 0.15) is 5.69 Å². The van der Waals surface area contributed by atoms with E-state index in [0.29, 0.717) is 18.2 Å². The fourth-order valence-corrected chi connectivity index (χ4v) is 3.28. The summed E-state index contributed by atoms with van der Waals surface area (Å²) in [5.41, 5.74) is 2.70. The maximum Gasteiger partial charge on any atom is 0.223 e. The van der Waals surface area contributed by atoms with E-state index >= 15 is 0 Å². The maximum absolute atomic E-state index is 12.0. The lowest BCUT2D eigenvalue weighted by Crippen LogP contribution is -2.40. The van der Waals surface area contributed by atoms with Gasteiger partial charge in [0.2, 0.25) is 5.91 Å². The van der Waals surface area contributed by atoms with Crippen molar-refractivity contribution in [2.24, 2.45) is 5.92 Å². The lowest BCUT2D eigenvalue weighted by Gasteiger charge is -2.32. The highest BCUT2D eigenvalue weighted by Gasteiger charge is 2.23. The van der Waals surface area contributed by atoms with Gasteiger partial charge in [-0.25, -0.2) is 9.97 Å². The molecule has 2 aromatic heterocycles. The molecule has 1 fully saturated rings. The Bertz CT molecular complexity index is 685. The fourth-order valence-electron chi connectivity index (χ4n) is 3.12. The molecule has 0 aromatic carbocycles. The van der Waals surface area contributed by atoms with Gasteiger partial charge >= 0.3 is 0 Å². The molecule has 3 rings (SSSR count). The number of amides is 1. The summed E-state index contributed by atoms with van der Waals surface area (Å²) in [6.45, 7) is 3.59. The van der Waals surface area contributed by atoms with Crippen molar-refractivity contribution < 1.29 is 4.79 Å². The van der Waals surface area contributed by atoms with Crippen LogP contribution >= 0.6 is 11.6 Å². The second-order valence-corrected chi connectivity index (χ2v) is 6.68. The number of aromatic amines is 1. The quantitative estimate of drug-likeness (QED) is 0.843. The van der Waals surface area contributed by atoms with Crippen LogP contribution in [0.5, 0.6) is 0 Å². The zero-order chi connectivity index (χ0) is 16.9. The summed E-state index contributed by atoms with van der Waals surface area (Å²) in [7, 11) is 0. The van der Waals surface area contributed by atoms with Gasteiger partial charge in [-0.1, -0.05) is 0 Å². The molecule has 1 atom stereocenters. The van der Waals surface area contributed by atoms with Crippen LogP contribution in [0.1, 0.15) is 30.7 Å². The molecule has 1 unspecified atom stereocenters. The van der Waals surface area contributed by atoms with Gasteiger partial charge in [-0.05, 0) is 32.1 Å². The molecule has 128 valence electrons. The Morgan fingerprint density at radius 1 is 1.33 bits per heavy atom. The van der Waals surface area contributed by atoms with Crippen LogP contribution in [0.3, 0.4) is 0 Å². The van der Waals surface area contributed by atoms with E-state index in [-0.39, 0.29) is 5.91 Å². The van der Waals surface area contributed by atoms with Crippen molar-refractivity contribution in [3.05, 3.63) is 30.0 Å². The van der Waals surface area contributed by atoms with E-state index in [9.17, 15) is 4.79 Å². The van der Waals surface area contributed by atoms with E-state index in [4.69, 9.17) is 11.6 Å². The molecule has 1 saturated heterocycles. The van der Waals surface area contributed by atoms with Crippen molar-refractivity contribution in [2.45, 2.75) is 32.6 Å². The van der Waals surface area contributed by atoms with Crippen LogP contribution in [0, 0.1) is 12.8 Å². The number of hydrogen-bond acceptors (Lipinski definition) is 4. The number of H-pyrrole nitrogens is 1. The average Bonchev–Trinajstić information content (AvgIpc) is 3.02. The fraction of sp³-hybridized carbons (Fsp3) is 0.529. The van der Waals surface area contributed by atoms with Gasteiger partial charge in [0, 0.05) is 43.5 Å². The standard InChI is InChI=1S/C17H22ClN5O/c1-12-8-21-17(22-12)15-10-19-14(9-20-15)7-13-3-2-6-23(11-13)16(24)4-5-18/h8-10,13H,2-7,11H2,1H3,(H,21,22). The number of imidazole rings is 1. The first-order valence-corrected chi connectivity index (χ1v) is 8.86. The minimum atomic E-state index is 0.157. The van der Waals surface area contributed by atoms with Crippen molar-refractivity contribution in [2.75, 3.05) is 19.0 Å². The number of rotatable bonds is 5. The van der Waals surface area contributed by atoms with E-state index < -0.39 is 0 Å². The van der Waals surface area contributed by atoms with E-state index in [2.05, 4.69) is 19.9 Å². The number of alkyl halides is 1. The van der Waals surface area contributed by atoms with E-state index in [1.165, 1.54) is 0 Å². The van der Waals surface area contributed by atoms with Crippen molar-refractivity contribution in [1.82, 2.24) is 24.8 Å². The second kappa shape index (κ2) is 7.75. The van der Waals surface area contributed by atoms with Gasteiger partial charge in [0.05, 0.1) is 11.9 Å². The van der Waals surface area contributed by atoms with Gasteiger partial charge in [-0.15, -0.1) is 11.6 Å². The van der Waals surface area contributed by atoms with Crippen LogP contribution in [-0.2, 0) is 11.2 Å². The zero-order valence-electron chi connectivity index (χ0n) is 13.8. The topological polar surface area (TPSA) is 74.8 Å². The molecule has 3 heterocycles. The molecule has 0 saturated carbocycles. The molecule has 24 heavy (non-hydrogen) atoms. The molecule has 0 spiro atoms. The van der Waals surface area contributed by atoms with Crippen LogP contribution in [0.25, 0.3) is 11.5 Å². The normalized spacial score (nSPS) is 17.9. The summed E-state index contributed by atoms with van der Waals surface area (Å²) in [4.78, 5) is 30.3. The lowest BCUT2D eigenvalue weighted by atomic mass is 9.93. The van der Waals surface area contributed by atoms with Gasteiger partial charge < -0.3 is 9.88 Å². The van der Waals surface area contributed by atoms with Crippen molar-refractivity contribution in [1.29, 1.82) is 0 Å². The smallest absolute Gasteiger partial charge is 0.223 e. The summed E-state index contributed by atoms with van der Waals surface area (Å²) in [5.74, 6) is 1.72. The molecule has 1 N–H and O–H groups in total. The molecule has 0 aliphatic carbocycles. The van der Waals surface area contributed by atoms with Crippen LogP contribution in [0.15, 0.2) is 18.6 Å². The summed E-state index contributed by atoms with van der Waals surface area (Å²) in [5, 5.41) is 0. The summed E-state index contributed by atoms with van der Waals surface area (Å²) in [6.07, 6.45) is 8.76. The first kappa shape index (κ1) is 16.9. The van der Waals surface area contributed by atoms with Crippen molar-refractivity contribution >= 4 is 17.5 Å². The third-order valence-electron chi connectivity index (χ3n) is 4.33. The molecule has 1 aliphatic rings. The summed E-state index contributed by atoms with van der Waals surface area (Å²) < 4.78 is 0. The van der Waals surface area contributed by atoms with Crippen LogP contribution in [0.2, 0.25) is 0 Å². The third kappa shape index (κ3) is 4.12. The molecular formula is C17H22ClN5O. The molecule has 7 heteroatoms. The predicted octanol–water partition coefficient (Wildman–Crippen LogP) is 2.59. The van der Waals surface area contributed by atoms with E-state index in [0.717, 1.165) is 55.3 Å². The number of nitrogens with one attached hydrogen (secondary N) is 1. The Hall–Kier alpha value is -1.95. The Morgan fingerprint density at radius 3 is 2.88 bits per heavy atom. The summed E-state index contributed by atoms with van der Waals surface area (Å²) in [6, 6.07) is 0.